The van der Waals surface area contributed by atoms with E-state index in [4.69, 9.17) is 4.98 Å². The summed E-state index contributed by atoms with van der Waals surface area (Å²) in [5, 5.41) is 5.11. The molecule has 3 aromatic carbocycles. The van der Waals surface area contributed by atoms with Crippen LogP contribution < -0.4 is 4.57 Å². The molecule has 0 aliphatic carbocycles. The summed E-state index contributed by atoms with van der Waals surface area (Å²) < 4.78 is 4.56. The number of aromatic nitrogens is 3. The molecule has 6 rings (SSSR count). The molecule has 1 aliphatic rings. The van der Waals surface area contributed by atoms with Gasteiger partial charge in [-0.05, 0) is 22.9 Å². The van der Waals surface area contributed by atoms with E-state index in [1.165, 1.54) is 38.3 Å². The summed E-state index contributed by atoms with van der Waals surface area (Å²) in [6.45, 7) is 0.787. The highest BCUT2D eigenvalue weighted by Gasteiger charge is 2.24. The standard InChI is InChI=1S/C21H14N3/c1-2-7-16-14(6-1)15-8-5-9-17-18-10-3-4-11-23(18)13-24-12-22-20(16)21(24)19(15)17/h1-12H,13H2/q+1. The minimum atomic E-state index is 0.787. The van der Waals surface area contributed by atoms with E-state index in [1.54, 1.807) is 0 Å². The van der Waals surface area contributed by atoms with Gasteiger partial charge in [-0.2, -0.15) is 4.57 Å². The lowest BCUT2D eigenvalue weighted by atomic mass is 9.95. The Kier molecular flexibility index (Phi) is 2.15. The maximum Gasteiger partial charge on any atom is 0.229 e. The van der Waals surface area contributed by atoms with E-state index >= 15 is 0 Å². The van der Waals surface area contributed by atoms with E-state index in [0.29, 0.717) is 0 Å². The highest BCUT2D eigenvalue weighted by Crippen LogP contribution is 2.39. The van der Waals surface area contributed by atoms with Crippen LogP contribution in [0.3, 0.4) is 0 Å². The van der Waals surface area contributed by atoms with Gasteiger partial charge in [0.1, 0.15) is 6.33 Å². The minimum absolute atomic E-state index is 0.787. The van der Waals surface area contributed by atoms with Gasteiger partial charge in [0.15, 0.2) is 6.20 Å². The molecule has 24 heavy (non-hydrogen) atoms. The average molecular weight is 308 g/mol. The first-order chi connectivity index (χ1) is 11.9. The fraction of sp³-hybridized carbons (Fsp3) is 0.0476. The number of hydrogen-bond acceptors (Lipinski definition) is 1. The predicted octanol–water partition coefficient (Wildman–Crippen LogP) is 4.12. The number of fused-ring (bicyclic) bond motifs is 5. The molecule has 1 aliphatic heterocycles. The normalized spacial score (nSPS) is 12.8. The highest BCUT2D eigenvalue weighted by molar-refractivity contribution is 6.26. The van der Waals surface area contributed by atoms with Crippen molar-refractivity contribution in [2.24, 2.45) is 0 Å². The van der Waals surface area contributed by atoms with Crippen molar-refractivity contribution in [2.45, 2.75) is 6.67 Å². The van der Waals surface area contributed by atoms with Gasteiger partial charge in [0.2, 0.25) is 12.4 Å². The molecule has 0 atom stereocenters. The summed E-state index contributed by atoms with van der Waals surface area (Å²) in [4.78, 5) is 4.77. The van der Waals surface area contributed by atoms with E-state index < -0.39 is 0 Å². The van der Waals surface area contributed by atoms with Crippen LogP contribution in [-0.2, 0) is 6.67 Å². The minimum Gasteiger partial charge on any atom is -0.273 e. The summed E-state index contributed by atoms with van der Waals surface area (Å²) in [6, 6.07) is 21.6. The topological polar surface area (TPSA) is 21.7 Å². The largest absolute Gasteiger partial charge is 0.273 e. The van der Waals surface area contributed by atoms with Crippen LogP contribution in [0.25, 0.3) is 43.8 Å². The molecule has 0 spiro atoms. The third-order valence-electron chi connectivity index (χ3n) is 5.13. The molecule has 112 valence electrons. The molecule has 0 saturated heterocycles. The summed E-state index contributed by atoms with van der Waals surface area (Å²) in [7, 11) is 0. The van der Waals surface area contributed by atoms with Gasteiger partial charge in [0.05, 0.1) is 16.6 Å². The number of rotatable bonds is 0. The van der Waals surface area contributed by atoms with E-state index in [0.717, 1.165) is 12.2 Å². The van der Waals surface area contributed by atoms with Crippen molar-refractivity contribution in [1.82, 2.24) is 9.55 Å². The van der Waals surface area contributed by atoms with Crippen molar-refractivity contribution in [3.63, 3.8) is 0 Å². The fourth-order valence-corrected chi connectivity index (χ4v) is 4.13. The Morgan fingerprint density at radius 2 is 1.67 bits per heavy atom. The number of hydrogen-bond donors (Lipinski definition) is 0. The molecule has 0 amide bonds. The van der Waals surface area contributed by atoms with Crippen molar-refractivity contribution in [3.8, 4) is 11.3 Å². The van der Waals surface area contributed by atoms with E-state index in [1.807, 2.05) is 6.33 Å². The van der Waals surface area contributed by atoms with Crippen LogP contribution in [-0.4, -0.2) is 9.55 Å². The molecular weight excluding hydrogens is 294 g/mol. The second-order valence-electron chi connectivity index (χ2n) is 6.38. The zero-order chi connectivity index (χ0) is 15.7. The summed E-state index contributed by atoms with van der Waals surface area (Å²) >= 11 is 0. The van der Waals surface area contributed by atoms with Crippen LogP contribution in [0.15, 0.2) is 73.2 Å². The number of nitrogens with zero attached hydrogens (tertiary/aromatic N) is 3. The number of imidazole rings is 1. The SMILES string of the molecule is c1cc[n+]2c(c1)-c1cccc3c4ccccc4c4ncn(c4c13)C2. The van der Waals surface area contributed by atoms with Crippen LogP contribution in [0.4, 0.5) is 0 Å². The Bertz CT molecular complexity index is 1280. The van der Waals surface area contributed by atoms with Gasteiger partial charge < -0.3 is 0 Å². The Labute approximate surface area is 138 Å². The lowest BCUT2D eigenvalue weighted by Crippen LogP contribution is -2.38. The van der Waals surface area contributed by atoms with Crippen molar-refractivity contribution in [2.75, 3.05) is 0 Å². The molecule has 3 nitrogen and oxygen atoms in total. The Balaban J connectivity index is 2.00. The monoisotopic (exact) mass is 308 g/mol. The molecule has 5 aromatic rings. The van der Waals surface area contributed by atoms with Crippen molar-refractivity contribution in [1.29, 1.82) is 0 Å². The van der Waals surface area contributed by atoms with Crippen LogP contribution in [0.1, 0.15) is 0 Å². The first-order valence-electron chi connectivity index (χ1n) is 8.19. The van der Waals surface area contributed by atoms with Crippen LogP contribution in [0.2, 0.25) is 0 Å². The van der Waals surface area contributed by atoms with E-state index in [9.17, 15) is 0 Å². The smallest absolute Gasteiger partial charge is 0.229 e. The van der Waals surface area contributed by atoms with Crippen LogP contribution in [0.5, 0.6) is 0 Å². The van der Waals surface area contributed by atoms with Gasteiger partial charge in [0.25, 0.3) is 0 Å². The lowest BCUT2D eigenvalue weighted by molar-refractivity contribution is -0.690. The van der Waals surface area contributed by atoms with Gasteiger partial charge in [-0.15, -0.1) is 0 Å². The van der Waals surface area contributed by atoms with E-state index in [2.05, 4.69) is 76.0 Å². The molecule has 3 heteroatoms. The second-order valence-corrected chi connectivity index (χ2v) is 6.38. The third kappa shape index (κ3) is 1.38. The first-order valence-corrected chi connectivity index (χ1v) is 8.19. The Morgan fingerprint density at radius 3 is 2.62 bits per heavy atom. The fourth-order valence-electron chi connectivity index (χ4n) is 4.13. The Hall–Kier alpha value is -3.20. The maximum atomic E-state index is 4.77. The van der Waals surface area contributed by atoms with Crippen molar-refractivity contribution < 1.29 is 4.57 Å². The molecule has 0 N–H and O–H groups in total. The predicted molar refractivity (Wildman–Crippen MR) is 95.8 cm³/mol. The maximum absolute atomic E-state index is 4.77. The van der Waals surface area contributed by atoms with Gasteiger partial charge >= 0.3 is 0 Å². The van der Waals surface area contributed by atoms with Crippen LogP contribution in [0, 0.1) is 0 Å². The number of benzene rings is 3. The van der Waals surface area contributed by atoms with Crippen molar-refractivity contribution >= 4 is 32.6 Å². The molecule has 2 aromatic heterocycles. The van der Waals surface area contributed by atoms with Crippen molar-refractivity contribution in [3.05, 3.63) is 73.2 Å². The summed E-state index contributed by atoms with van der Waals surface area (Å²) in [5.74, 6) is 0. The molecule has 3 heterocycles. The Morgan fingerprint density at radius 1 is 0.833 bits per heavy atom. The molecule has 0 bridgehead atoms. The lowest BCUT2D eigenvalue weighted by Gasteiger charge is -2.08. The average Bonchev–Trinajstić information content (AvgIpc) is 3.00. The molecule has 0 unspecified atom stereocenters. The molecule has 0 fully saturated rings. The second kappa shape index (κ2) is 4.20. The van der Waals surface area contributed by atoms with Gasteiger partial charge in [-0.3, -0.25) is 4.57 Å². The number of pyridine rings is 1. The van der Waals surface area contributed by atoms with Gasteiger partial charge in [0, 0.05) is 22.9 Å². The molecular formula is C21H14N3+. The van der Waals surface area contributed by atoms with E-state index in [-0.39, 0.29) is 0 Å². The highest BCUT2D eigenvalue weighted by atomic mass is 15.2. The molecule has 0 radical (unpaired) electrons. The summed E-state index contributed by atoms with van der Waals surface area (Å²) in [5.41, 5.74) is 4.87. The van der Waals surface area contributed by atoms with Gasteiger partial charge in [-0.25, -0.2) is 4.98 Å². The zero-order valence-corrected chi connectivity index (χ0v) is 13.0. The van der Waals surface area contributed by atoms with Crippen LogP contribution >= 0.6 is 0 Å². The summed E-state index contributed by atoms with van der Waals surface area (Å²) in [6.07, 6.45) is 4.12. The third-order valence-corrected chi connectivity index (χ3v) is 5.13. The first kappa shape index (κ1) is 12.3. The quantitative estimate of drug-likeness (QED) is 0.306. The van der Waals surface area contributed by atoms with Gasteiger partial charge in [-0.1, -0.05) is 36.4 Å². The molecule has 0 saturated carbocycles. The zero-order valence-electron chi connectivity index (χ0n) is 13.0.